The van der Waals surface area contributed by atoms with Gasteiger partial charge in [-0.05, 0) is 55.8 Å². The smallest absolute Gasteiger partial charge is 0.227 e. The lowest BCUT2D eigenvalue weighted by atomic mass is 9.67. The summed E-state index contributed by atoms with van der Waals surface area (Å²) in [6.07, 6.45) is 7.23. The van der Waals surface area contributed by atoms with Crippen LogP contribution in [0.2, 0.25) is 0 Å². The largest absolute Gasteiger partial charge is 0.355 e. The summed E-state index contributed by atoms with van der Waals surface area (Å²) in [5, 5.41) is 3.20. The fraction of sp³-hybridized carbons (Fsp3) is 0.500. The average molecular weight is 389 g/mol. The van der Waals surface area contributed by atoms with Gasteiger partial charge in [0.1, 0.15) is 0 Å². The first-order valence-electron chi connectivity index (χ1n) is 11.4. The summed E-state index contributed by atoms with van der Waals surface area (Å²) in [5.41, 5.74) is 2.60. The first kappa shape index (κ1) is 18.9. The lowest BCUT2D eigenvalue weighted by Gasteiger charge is -2.47. The van der Waals surface area contributed by atoms with Crippen LogP contribution in [0.4, 0.5) is 0 Å². The molecule has 1 aliphatic carbocycles. The van der Waals surface area contributed by atoms with Gasteiger partial charge in [0.15, 0.2) is 0 Å². The van der Waals surface area contributed by atoms with E-state index in [9.17, 15) is 4.79 Å². The van der Waals surface area contributed by atoms with Gasteiger partial charge in [-0.15, -0.1) is 0 Å². The monoisotopic (exact) mass is 388 g/mol. The standard InChI is InChI=1S/C26H32N2O/c29-25-26(23(19-27-25)21-11-5-2-6-12-21)15-17-28(18-16-26)24-14-8-7-13-22(24)20-9-3-1-4-10-20/h1-6,9-12,22-24H,7-8,13-19H2,(H,27,29)/t22?,23-,24?/m0/s1. The van der Waals surface area contributed by atoms with Gasteiger partial charge in [-0.25, -0.2) is 0 Å². The van der Waals surface area contributed by atoms with E-state index >= 15 is 0 Å². The zero-order valence-electron chi connectivity index (χ0n) is 17.2. The van der Waals surface area contributed by atoms with Crippen molar-refractivity contribution in [2.24, 2.45) is 5.41 Å². The predicted octanol–water partition coefficient (Wildman–Crippen LogP) is 4.71. The van der Waals surface area contributed by atoms with E-state index in [0.29, 0.717) is 17.9 Å². The summed E-state index contributed by atoms with van der Waals surface area (Å²) in [7, 11) is 0. The molecule has 3 atom stereocenters. The minimum absolute atomic E-state index is 0.214. The number of nitrogens with one attached hydrogen (secondary N) is 1. The number of likely N-dealkylation sites (tertiary alicyclic amines) is 1. The molecule has 2 aromatic carbocycles. The summed E-state index contributed by atoms with van der Waals surface area (Å²) in [4.78, 5) is 15.7. The van der Waals surface area contributed by atoms with Crippen LogP contribution >= 0.6 is 0 Å². The molecular formula is C26H32N2O. The number of carbonyl (C=O) groups is 1. The van der Waals surface area contributed by atoms with Crippen molar-refractivity contribution in [3.05, 3.63) is 71.8 Å². The quantitative estimate of drug-likeness (QED) is 0.826. The molecule has 3 aliphatic rings. The van der Waals surface area contributed by atoms with Gasteiger partial charge in [0.2, 0.25) is 5.91 Å². The lowest BCUT2D eigenvalue weighted by molar-refractivity contribution is -0.131. The minimum atomic E-state index is -0.214. The average Bonchev–Trinajstić information content (AvgIpc) is 3.11. The Labute approximate surface area is 174 Å². The summed E-state index contributed by atoms with van der Waals surface area (Å²) in [6.45, 7) is 2.88. The molecule has 1 N–H and O–H groups in total. The molecule has 2 heterocycles. The maximum atomic E-state index is 13.0. The molecule has 5 rings (SSSR count). The van der Waals surface area contributed by atoms with E-state index in [2.05, 4.69) is 70.9 Å². The molecule has 1 saturated carbocycles. The third kappa shape index (κ3) is 3.40. The highest BCUT2D eigenvalue weighted by atomic mass is 16.2. The van der Waals surface area contributed by atoms with Crippen molar-refractivity contribution < 1.29 is 4.79 Å². The van der Waals surface area contributed by atoms with Crippen LogP contribution in [-0.2, 0) is 4.79 Å². The van der Waals surface area contributed by atoms with Crippen molar-refractivity contribution >= 4 is 5.91 Å². The van der Waals surface area contributed by atoms with Crippen molar-refractivity contribution in [1.82, 2.24) is 10.2 Å². The topological polar surface area (TPSA) is 32.3 Å². The van der Waals surface area contributed by atoms with Crippen molar-refractivity contribution in [2.75, 3.05) is 19.6 Å². The van der Waals surface area contributed by atoms with Gasteiger partial charge in [0.25, 0.3) is 0 Å². The van der Waals surface area contributed by atoms with Gasteiger partial charge >= 0.3 is 0 Å². The van der Waals surface area contributed by atoms with Gasteiger partial charge in [0.05, 0.1) is 5.41 Å². The van der Waals surface area contributed by atoms with Crippen LogP contribution in [0.3, 0.4) is 0 Å². The minimum Gasteiger partial charge on any atom is -0.355 e. The van der Waals surface area contributed by atoms with Crippen LogP contribution in [0.25, 0.3) is 0 Å². The molecule has 0 aromatic heterocycles. The molecule has 2 aliphatic heterocycles. The van der Waals surface area contributed by atoms with Gasteiger partial charge < -0.3 is 5.32 Å². The predicted molar refractivity (Wildman–Crippen MR) is 117 cm³/mol. The molecule has 1 amide bonds. The first-order chi connectivity index (χ1) is 14.3. The van der Waals surface area contributed by atoms with E-state index < -0.39 is 0 Å². The number of benzene rings is 2. The second-order valence-electron chi connectivity index (χ2n) is 9.23. The molecule has 2 aromatic rings. The molecule has 3 nitrogen and oxygen atoms in total. The van der Waals surface area contributed by atoms with E-state index in [-0.39, 0.29) is 11.3 Å². The second kappa shape index (κ2) is 7.95. The summed E-state index contributed by atoms with van der Waals surface area (Å²) < 4.78 is 0. The summed E-state index contributed by atoms with van der Waals surface area (Å²) in [5.74, 6) is 1.24. The zero-order chi connectivity index (χ0) is 19.7. The van der Waals surface area contributed by atoms with Crippen LogP contribution in [0.5, 0.6) is 0 Å². The molecule has 0 radical (unpaired) electrons. The van der Waals surface area contributed by atoms with Gasteiger partial charge in [-0.3, -0.25) is 9.69 Å². The first-order valence-corrected chi connectivity index (χ1v) is 11.4. The molecular weight excluding hydrogens is 356 g/mol. The van der Waals surface area contributed by atoms with E-state index in [1.54, 1.807) is 0 Å². The number of carbonyl (C=O) groups excluding carboxylic acids is 1. The number of rotatable bonds is 3. The molecule has 2 unspecified atom stereocenters. The zero-order valence-corrected chi connectivity index (χ0v) is 17.2. The van der Waals surface area contributed by atoms with E-state index in [0.717, 1.165) is 32.5 Å². The Balaban J connectivity index is 1.34. The van der Waals surface area contributed by atoms with Crippen molar-refractivity contribution in [2.45, 2.75) is 56.4 Å². The van der Waals surface area contributed by atoms with Gasteiger partial charge in [-0.2, -0.15) is 0 Å². The SMILES string of the molecule is O=C1NC[C@@H](c2ccccc2)C12CCN(C1CCCCC1c1ccccc1)CC2. The van der Waals surface area contributed by atoms with Crippen LogP contribution in [0, 0.1) is 5.41 Å². The summed E-state index contributed by atoms with van der Waals surface area (Å²) in [6, 6.07) is 22.4. The molecule has 3 fully saturated rings. The molecule has 0 bridgehead atoms. The molecule has 29 heavy (non-hydrogen) atoms. The Morgan fingerprint density at radius 3 is 2.14 bits per heavy atom. The highest BCUT2D eigenvalue weighted by molar-refractivity contribution is 5.86. The van der Waals surface area contributed by atoms with Crippen molar-refractivity contribution in [1.29, 1.82) is 0 Å². The number of amides is 1. The van der Waals surface area contributed by atoms with Crippen molar-refractivity contribution in [3.63, 3.8) is 0 Å². The second-order valence-corrected chi connectivity index (χ2v) is 9.23. The third-order valence-corrected chi connectivity index (χ3v) is 7.90. The molecule has 2 saturated heterocycles. The number of piperidine rings is 1. The fourth-order valence-corrected chi connectivity index (χ4v) is 6.31. The Morgan fingerprint density at radius 1 is 0.828 bits per heavy atom. The molecule has 1 spiro atoms. The maximum absolute atomic E-state index is 13.0. The van der Waals surface area contributed by atoms with E-state index in [1.165, 1.54) is 36.8 Å². The fourth-order valence-electron chi connectivity index (χ4n) is 6.31. The third-order valence-electron chi connectivity index (χ3n) is 7.90. The Kier molecular flexibility index (Phi) is 5.17. The van der Waals surface area contributed by atoms with Crippen LogP contribution in [-0.4, -0.2) is 36.5 Å². The van der Waals surface area contributed by atoms with Gasteiger partial charge in [-0.1, -0.05) is 73.5 Å². The molecule has 152 valence electrons. The van der Waals surface area contributed by atoms with E-state index in [1.807, 2.05) is 0 Å². The Morgan fingerprint density at radius 2 is 1.45 bits per heavy atom. The van der Waals surface area contributed by atoms with Crippen LogP contribution < -0.4 is 5.32 Å². The number of hydrogen-bond acceptors (Lipinski definition) is 2. The highest BCUT2D eigenvalue weighted by Crippen LogP contribution is 2.49. The van der Waals surface area contributed by atoms with Crippen LogP contribution in [0.15, 0.2) is 60.7 Å². The van der Waals surface area contributed by atoms with Gasteiger partial charge in [0, 0.05) is 18.5 Å². The maximum Gasteiger partial charge on any atom is 0.227 e. The highest BCUT2D eigenvalue weighted by Gasteiger charge is 2.52. The summed E-state index contributed by atoms with van der Waals surface area (Å²) >= 11 is 0. The number of hydrogen-bond donors (Lipinski definition) is 1. The molecule has 3 heteroatoms. The van der Waals surface area contributed by atoms with E-state index in [4.69, 9.17) is 0 Å². The van der Waals surface area contributed by atoms with Crippen molar-refractivity contribution in [3.8, 4) is 0 Å². The lowest BCUT2D eigenvalue weighted by Crippen LogP contribution is -2.51. The number of nitrogens with zero attached hydrogens (tertiary/aromatic N) is 1. The van der Waals surface area contributed by atoms with Crippen LogP contribution in [0.1, 0.15) is 61.5 Å². The Hall–Kier alpha value is -2.13. The normalized spacial score (nSPS) is 29.7. The Bertz CT molecular complexity index is 826.